The van der Waals surface area contributed by atoms with Crippen molar-refractivity contribution < 1.29 is 33.4 Å². The molecule has 0 aromatic heterocycles. The number of rotatable bonds is 7. The Bertz CT molecular complexity index is 677. The molecule has 0 radical (unpaired) electrons. The molecule has 10 heteroatoms. The molecule has 154 valence electrons. The fourth-order valence-corrected chi connectivity index (χ4v) is 4.41. The maximum Gasteiger partial charge on any atom is 0.415 e. The Kier molecular flexibility index (Phi) is 6.51. The van der Waals surface area contributed by atoms with Crippen LogP contribution in [0.1, 0.15) is 51.9 Å². The van der Waals surface area contributed by atoms with Gasteiger partial charge in [-0.05, 0) is 38.5 Å². The highest BCUT2D eigenvalue weighted by Gasteiger charge is 2.57. The fourth-order valence-electron chi connectivity index (χ4n) is 4.41. The number of carbonyl (C=O) groups is 2. The second kappa shape index (κ2) is 9.05. The first-order valence-electron chi connectivity index (χ1n) is 9.76. The average molecular weight is 394 g/mol. The number of oxime groups is 1. The lowest BCUT2D eigenvalue weighted by Gasteiger charge is -2.45. The Morgan fingerprint density at radius 2 is 2.36 bits per heavy atom. The zero-order valence-electron chi connectivity index (χ0n) is 16.0. The van der Waals surface area contributed by atoms with Gasteiger partial charge in [-0.2, -0.15) is 4.79 Å². The van der Waals surface area contributed by atoms with Gasteiger partial charge in [0, 0.05) is 18.9 Å². The van der Waals surface area contributed by atoms with Crippen molar-refractivity contribution in [3.05, 3.63) is 5.53 Å². The second-order valence-electron chi connectivity index (χ2n) is 7.24. The Morgan fingerprint density at radius 3 is 3.07 bits per heavy atom. The minimum atomic E-state index is -1.05. The minimum absolute atomic E-state index is 0.0369. The van der Waals surface area contributed by atoms with E-state index in [-0.39, 0.29) is 18.6 Å². The third kappa shape index (κ3) is 4.44. The van der Waals surface area contributed by atoms with Gasteiger partial charge in [0.25, 0.3) is 0 Å². The van der Waals surface area contributed by atoms with E-state index in [2.05, 4.69) is 9.95 Å². The summed E-state index contributed by atoms with van der Waals surface area (Å²) in [4.78, 5) is 33.7. The van der Waals surface area contributed by atoms with Crippen LogP contribution in [-0.2, 0) is 23.8 Å². The zero-order chi connectivity index (χ0) is 20.0. The SMILES string of the molecule is CCOC(=O)N1C2CCC1(OC(=O)C=[N+]=[N-])CC(CCCOC1=NOCC1)C2. The second-order valence-corrected chi connectivity index (χ2v) is 7.24. The number of carbonyl (C=O) groups excluding carboxylic acids is 2. The van der Waals surface area contributed by atoms with Crippen molar-refractivity contribution in [1.82, 2.24) is 4.90 Å². The van der Waals surface area contributed by atoms with Crippen LogP contribution in [0.4, 0.5) is 4.79 Å². The van der Waals surface area contributed by atoms with Crippen molar-refractivity contribution in [3.8, 4) is 0 Å². The molecule has 0 aromatic rings. The molecule has 2 saturated heterocycles. The Balaban J connectivity index is 1.62. The highest BCUT2D eigenvalue weighted by molar-refractivity contribution is 6.20. The maximum absolute atomic E-state index is 12.5. The molecular formula is C18H26N4O6. The molecule has 3 unspecified atom stereocenters. The normalized spacial score (nSPS) is 28.0. The minimum Gasteiger partial charge on any atom is -0.479 e. The average Bonchev–Trinajstić information content (AvgIpc) is 3.24. The number of hydrogen-bond donors (Lipinski definition) is 0. The van der Waals surface area contributed by atoms with Gasteiger partial charge in [-0.15, -0.1) is 0 Å². The molecule has 28 heavy (non-hydrogen) atoms. The van der Waals surface area contributed by atoms with Crippen LogP contribution in [0, 0.1) is 5.92 Å². The van der Waals surface area contributed by atoms with Crippen LogP contribution in [0.2, 0.25) is 0 Å². The van der Waals surface area contributed by atoms with Crippen molar-refractivity contribution in [3.63, 3.8) is 0 Å². The van der Waals surface area contributed by atoms with E-state index in [1.807, 2.05) is 0 Å². The first-order chi connectivity index (χ1) is 13.6. The van der Waals surface area contributed by atoms with Gasteiger partial charge in [0.05, 0.1) is 19.6 Å². The summed E-state index contributed by atoms with van der Waals surface area (Å²) in [5.74, 6) is 0.133. The van der Waals surface area contributed by atoms with E-state index in [4.69, 9.17) is 24.6 Å². The summed E-state index contributed by atoms with van der Waals surface area (Å²) in [5, 5.41) is 3.81. The Morgan fingerprint density at radius 1 is 1.50 bits per heavy atom. The van der Waals surface area contributed by atoms with Gasteiger partial charge >= 0.3 is 18.3 Å². The summed E-state index contributed by atoms with van der Waals surface area (Å²) >= 11 is 0. The molecule has 3 rings (SSSR count). The Labute approximate surface area is 163 Å². The summed E-state index contributed by atoms with van der Waals surface area (Å²) in [5.41, 5.74) is 7.56. The third-order valence-electron chi connectivity index (χ3n) is 5.40. The molecule has 10 nitrogen and oxygen atoms in total. The topological polar surface area (TPSA) is 123 Å². The number of nitrogens with zero attached hydrogens (tertiary/aromatic N) is 4. The van der Waals surface area contributed by atoms with Crippen molar-refractivity contribution >= 4 is 24.2 Å². The molecule has 0 saturated carbocycles. The van der Waals surface area contributed by atoms with Crippen LogP contribution >= 0.6 is 0 Å². The largest absolute Gasteiger partial charge is 0.479 e. The number of piperidine rings is 1. The van der Waals surface area contributed by atoms with Crippen molar-refractivity contribution in [2.75, 3.05) is 19.8 Å². The van der Waals surface area contributed by atoms with Crippen LogP contribution in [0.15, 0.2) is 5.16 Å². The van der Waals surface area contributed by atoms with Gasteiger partial charge in [-0.1, -0.05) is 5.16 Å². The number of hydrogen-bond acceptors (Lipinski definition) is 7. The predicted octanol–water partition coefficient (Wildman–Crippen LogP) is 2.09. The molecule has 3 atom stereocenters. The smallest absolute Gasteiger partial charge is 0.415 e. The van der Waals surface area contributed by atoms with Crippen molar-refractivity contribution in [1.29, 1.82) is 0 Å². The fraction of sp³-hybridized carbons (Fsp3) is 0.778. The summed E-state index contributed by atoms with van der Waals surface area (Å²) in [6.07, 6.45) is 5.28. The molecule has 3 aliphatic rings. The van der Waals surface area contributed by atoms with Crippen LogP contribution in [0.3, 0.4) is 0 Å². The lowest BCUT2D eigenvalue weighted by atomic mass is 9.85. The maximum atomic E-state index is 12.5. The van der Waals surface area contributed by atoms with E-state index in [0.29, 0.717) is 44.6 Å². The standard InChI is InChI=1S/C18H26N4O6/c1-2-25-17(24)22-14-5-7-18(22,28-16(23)12-20-19)11-13(10-14)4-3-8-26-15-6-9-27-21-15/h12-14H,2-11H2,1H3. The monoisotopic (exact) mass is 394 g/mol. The quantitative estimate of drug-likeness (QED) is 0.214. The predicted molar refractivity (Wildman–Crippen MR) is 96.3 cm³/mol. The molecule has 0 spiro atoms. The van der Waals surface area contributed by atoms with E-state index in [1.54, 1.807) is 11.8 Å². The first-order valence-corrected chi connectivity index (χ1v) is 9.76. The van der Waals surface area contributed by atoms with Crippen LogP contribution < -0.4 is 0 Å². The molecule has 2 bridgehead atoms. The summed E-state index contributed by atoms with van der Waals surface area (Å²) < 4.78 is 16.4. The van der Waals surface area contributed by atoms with Gasteiger partial charge in [-0.3, -0.25) is 4.90 Å². The van der Waals surface area contributed by atoms with E-state index >= 15 is 0 Å². The lowest BCUT2D eigenvalue weighted by Crippen LogP contribution is -2.57. The molecule has 0 aliphatic carbocycles. The number of amides is 1. The van der Waals surface area contributed by atoms with Gasteiger partial charge in [0.2, 0.25) is 5.90 Å². The molecular weight excluding hydrogens is 368 g/mol. The summed E-state index contributed by atoms with van der Waals surface area (Å²) in [6.45, 7) is 3.10. The van der Waals surface area contributed by atoms with Gasteiger partial charge in [0.15, 0.2) is 5.72 Å². The molecule has 2 fully saturated rings. The van der Waals surface area contributed by atoms with Gasteiger partial charge < -0.3 is 24.6 Å². The van der Waals surface area contributed by atoms with Crippen molar-refractivity contribution in [2.45, 2.75) is 63.6 Å². The highest BCUT2D eigenvalue weighted by Crippen LogP contribution is 2.48. The third-order valence-corrected chi connectivity index (χ3v) is 5.40. The van der Waals surface area contributed by atoms with E-state index in [1.165, 1.54) is 0 Å². The summed E-state index contributed by atoms with van der Waals surface area (Å²) in [6, 6.07) is -0.0369. The molecule has 1 amide bonds. The van der Waals surface area contributed by atoms with E-state index < -0.39 is 17.8 Å². The Hall–Kier alpha value is -2.61. The number of esters is 1. The van der Waals surface area contributed by atoms with Crippen LogP contribution in [-0.4, -0.2) is 65.5 Å². The molecule has 0 N–H and O–H groups in total. The molecule has 3 aliphatic heterocycles. The highest BCUT2D eigenvalue weighted by atomic mass is 16.7. The zero-order valence-corrected chi connectivity index (χ0v) is 16.0. The summed E-state index contributed by atoms with van der Waals surface area (Å²) in [7, 11) is 0. The van der Waals surface area contributed by atoms with E-state index in [9.17, 15) is 9.59 Å². The van der Waals surface area contributed by atoms with Crippen LogP contribution in [0.5, 0.6) is 0 Å². The van der Waals surface area contributed by atoms with Crippen molar-refractivity contribution in [2.24, 2.45) is 11.1 Å². The number of ether oxygens (including phenoxy) is 3. The first kappa shape index (κ1) is 20.1. The van der Waals surface area contributed by atoms with Gasteiger partial charge in [0.1, 0.15) is 6.61 Å². The van der Waals surface area contributed by atoms with Gasteiger partial charge in [-0.25, -0.2) is 9.59 Å². The van der Waals surface area contributed by atoms with Crippen LogP contribution in [0.25, 0.3) is 5.53 Å². The molecule has 3 heterocycles. The lowest BCUT2D eigenvalue weighted by molar-refractivity contribution is -0.182. The number of fused-ring (bicyclic) bond motifs is 2. The van der Waals surface area contributed by atoms with E-state index in [0.717, 1.165) is 25.7 Å². The molecule has 0 aromatic carbocycles.